The third-order valence-electron chi connectivity index (χ3n) is 5.75. The van der Waals surface area contributed by atoms with Gasteiger partial charge < -0.3 is 16.0 Å². The van der Waals surface area contributed by atoms with Gasteiger partial charge in [0.05, 0.1) is 0 Å². The molecule has 2 fully saturated rings. The topological polar surface area (TPSA) is 77.5 Å². The molecule has 0 radical (unpaired) electrons. The van der Waals surface area contributed by atoms with E-state index >= 15 is 0 Å². The van der Waals surface area contributed by atoms with Crippen LogP contribution in [0.25, 0.3) is 0 Å². The largest absolute Gasteiger partial charge is 0.433 e. The van der Waals surface area contributed by atoms with Gasteiger partial charge in [0.15, 0.2) is 5.96 Å². The first kappa shape index (κ1) is 25.9. The van der Waals surface area contributed by atoms with Gasteiger partial charge in [-0.1, -0.05) is 19.3 Å². The minimum Gasteiger partial charge on any atom is -0.355 e. The van der Waals surface area contributed by atoms with Gasteiger partial charge in [0.25, 0.3) is 0 Å². The maximum Gasteiger partial charge on any atom is 0.433 e. The highest BCUT2D eigenvalue weighted by Gasteiger charge is 2.32. The van der Waals surface area contributed by atoms with Crippen molar-refractivity contribution < 1.29 is 13.2 Å². The first-order valence-electron chi connectivity index (χ1n) is 10.8. The smallest absolute Gasteiger partial charge is 0.355 e. The summed E-state index contributed by atoms with van der Waals surface area (Å²) < 4.78 is 38.2. The van der Waals surface area contributed by atoms with Crippen LogP contribution in [0.2, 0.25) is 0 Å². The number of likely N-dealkylation sites (tertiary alicyclic amines) is 1. The molecule has 3 rings (SSSR count). The van der Waals surface area contributed by atoms with E-state index in [1.54, 1.807) is 7.05 Å². The summed E-state index contributed by atoms with van der Waals surface area (Å²) in [7, 11) is 1.72. The van der Waals surface area contributed by atoms with E-state index in [4.69, 9.17) is 0 Å². The van der Waals surface area contributed by atoms with Gasteiger partial charge in [-0.15, -0.1) is 24.0 Å². The number of piperidine rings is 1. The molecule has 1 aromatic heterocycles. The van der Waals surface area contributed by atoms with Crippen molar-refractivity contribution in [2.24, 2.45) is 4.99 Å². The lowest BCUT2D eigenvalue weighted by atomic mass is 9.92. The number of anilines is 1. The van der Waals surface area contributed by atoms with Crippen LogP contribution < -0.4 is 16.0 Å². The second-order valence-electron chi connectivity index (χ2n) is 7.96. The van der Waals surface area contributed by atoms with Crippen LogP contribution >= 0.6 is 24.0 Å². The van der Waals surface area contributed by atoms with E-state index in [-0.39, 0.29) is 29.9 Å². The number of halogens is 4. The molecule has 176 valence electrons. The highest BCUT2D eigenvalue weighted by molar-refractivity contribution is 14.0. The summed E-state index contributed by atoms with van der Waals surface area (Å²) in [4.78, 5) is 14.2. The molecule has 1 aliphatic carbocycles. The zero-order chi connectivity index (χ0) is 21.4. The summed E-state index contributed by atoms with van der Waals surface area (Å²) in [5, 5.41) is 9.51. The molecule has 2 aliphatic rings. The Kier molecular flexibility index (Phi) is 10.5. The SMILES string of the molecule is CN=C(NCCNc1nccc(C(F)(F)F)n1)NC1CCCN(C2CCCCC2)C1.I. The van der Waals surface area contributed by atoms with E-state index in [0.29, 0.717) is 25.1 Å². The van der Waals surface area contributed by atoms with Gasteiger partial charge in [-0.05, 0) is 38.3 Å². The van der Waals surface area contributed by atoms with Crippen LogP contribution in [0.5, 0.6) is 0 Å². The Balaban J connectivity index is 0.00000341. The van der Waals surface area contributed by atoms with Gasteiger partial charge in [0.1, 0.15) is 5.69 Å². The van der Waals surface area contributed by atoms with Crippen LogP contribution in [0.15, 0.2) is 17.3 Å². The number of aromatic nitrogens is 2. The average Bonchev–Trinajstić information content (AvgIpc) is 2.76. The summed E-state index contributed by atoms with van der Waals surface area (Å²) in [5.74, 6) is 0.669. The Hall–Kier alpha value is -1.37. The number of hydrogen-bond donors (Lipinski definition) is 3. The maximum atomic E-state index is 12.7. The van der Waals surface area contributed by atoms with Crippen molar-refractivity contribution in [3.63, 3.8) is 0 Å². The zero-order valence-corrected chi connectivity index (χ0v) is 20.2. The number of nitrogens with one attached hydrogen (secondary N) is 3. The molecular formula is C20H33F3IN7. The predicted octanol–water partition coefficient (Wildman–Crippen LogP) is 3.49. The van der Waals surface area contributed by atoms with Gasteiger partial charge in [-0.3, -0.25) is 9.89 Å². The molecule has 1 aromatic rings. The lowest BCUT2D eigenvalue weighted by Crippen LogP contribution is -2.54. The Morgan fingerprint density at radius 3 is 2.65 bits per heavy atom. The normalized spacial score (nSPS) is 21.3. The maximum absolute atomic E-state index is 12.7. The van der Waals surface area contributed by atoms with E-state index < -0.39 is 11.9 Å². The second kappa shape index (κ2) is 12.6. The van der Waals surface area contributed by atoms with Crippen LogP contribution in [0.3, 0.4) is 0 Å². The van der Waals surface area contributed by atoms with Crippen molar-refractivity contribution in [2.75, 3.05) is 38.5 Å². The van der Waals surface area contributed by atoms with Gasteiger partial charge in [0.2, 0.25) is 5.95 Å². The minimum atomic E-state index is -4.48. The molecule has 1 unspecified atom stereocenters. The fraction of sp³-hybridized carbons (Fsp3) is 0.750. The highest BCUT2D eigenvalue weighted by atomic mass is 127. The predicted molar refractivity (Wildman–Crippen MR) is 127 cm³/mol. The molecule has 7 nitrogen and oxygen atoms in total. The monoisotopic (exact) mass is 555 g/mol. The third kappa shape index (κ3) is 8.24. The standard InChI is InChI=1S/C20H32F3N7.HI/c1-24-18(26-11-12-27-19-25-10-9-17(29-19)20(21,22)23)28-15-6-5-13-30(14-15)16-7-3-2-4-8-16;/h9-10,15-16H,2-8,11-14H2,1H3,(H2,24,26,28)(H,25,27,29);1H. The lowest BCUT2D eigenvalue weighted by molar-refractivity contribution is -0.141. The molecule has 1 atom stereocenters. The molecule has 11 heteroatoms. The van der Waals surface area contributed by atoms with Crippen LogP contribution in [0.4, 0.5) is 19.1 Å². The van der Waals surface area contributed by atoms with Crippen LogP contribution in [0, 0.1) is 0 Å². The molecule has 1 saturated carbocycles. The summed E-state index contributed by atoms with van der Waals surface area (Å²) in [6, 6.07) is 1.93. The van der Waals surface area contributed by atoms with E-state index in [0.717, 1.165) is 31.3 Å². The molecule has 31 heavy (non-hydrogen) atoms. The Morgan fingerprint density at radius 2 is 1.94 bits per heavy atom. The minimum absolute atomic E-state index is 0. The third-order valence-corrected chi connectivity index (χ3v) is 5.75. The molecule has 0 aromatic carbocycles. The Morgan fingerprint density at radius 1 is 1.16 bits per heavy atom. The second-order valence-corrected chi connectivity index (χ2v) is 7.96. The van der Waals surface area contributed by atoms with Crippen LogP contribution in [-0.2, 0) is 6.18 Å². The molecular weight excluding hydrogens is 522 g/mol. The number of nitrogens with zero attached hydrogens (tertiary/aromatic N) is 4. The number of guanidine groups is 1. The Bertz CT molecular complexity index is 696. The molecule has 0 bridgehead atoms. The number of aliphatic imine (C=N–C) groups is 1. The van der Waals surface area contributed by atoms with Crippen molar-refractivity contribution in [2.45, 2.75) is 63.2 Å². The van der Waals surface area contributed by atoms with Crippen LogP contribution in [-0.4, -0.2) is 66.1 Å². The fourth-order valence-electron chi connectivity index (χ4n) is 4.25. The molecule has 0 amide bonds. The first-order valence-corrected chi connectivity index (χ1v) is 10.8. The van der Waals surface area contributed by atoms with Gasteiger partial charge >= 0.3 is 6.18 Å². The lowest BCUT2D eigenvalue weighted by Gasteiger charge is -2.40. The molecule has 2 heterocycles. The Labute approximate surface area is 199 Å². The highest BCUT2D eigenvalue weighted by Crippen LogP contribution is 2.27. The van der Waals surface area contributed by atoms with Crippen molar-refractivity contribution in [1.82, 2.24) is 25.5 Å². The van der Waals surface area contributed by atoms with E-state index in [1.807, 2.05) is 0 Å². The summed E-state index contributed by atoms with van der Waals surface area (Å²) in [6.45, 7) is 3.07. The van der Waals surface area contributed by atoms with Gasteiger partial charge in [-0.25, -0.2) is 9.97 Å². The molecule has 1 aliphatic heterocycles. The van der Waals surface area contributed by atoms with Crippen molar-refractivity contribution in [3.8, 4) is 0 Å². The molecule has 3 N–H and O–H groups in total. The van der Waals surface area contributed by atoms with Crippen molar-refractivity contribution in [1.29, 1.82) is 0 Å². The first-order chi connectivity index (χ1) is 14.5. The van der Waals surface area contributed by atoms with Crippen molar-refractivity contribution in [3.05, 3.63) is 18.0 Å². The van der Waals surface area contributed by atoms with E-state index in [1.165, 1.54) is 45.1 Å². The summed E-state index contributed by atoms with van der Waals surface area (Å²) in [6.07, 6.45) is 5.58. The molecule has 1 saturated heterocycles. The number of rotatable bonds is 6. The summed E-state index contributed by atoms with van der Waals surface area (Å²) >= 11 is 0. The molecule has 0 spiro atoms. The number of alkyl halides is 3. The van der Waals surface area contributed by atoms with E-state index in [2.05, 4.69) is 35.8 Å². The van der Waals surface area contributed by atoms with Gasteiger partial charge in [0, 0.05) is 45.0 Å². The average molecular weight is 555 g/mol. The summed E-state index contributed by atoms with van der Waals surface area (Å²) in [5.41, 5.74) is -0.953. The van der Waals surface area contributed by atoms with E-state index in [9.17, 15) is 13.2 Å². The quantitative estimate of drug-likeness (QED) is 0.216. The van der Waals surface area contributed by atoms with Crippen LogP contribution in [0.1, 0.15) is 50.6 Å². The van der Waals surface area contributed by atoms with Crippen molar-refractivity contribution >= 4 is 35.9 Å². The van der Waals surface area contributed by atoms with Gasteiger partial charge in [-0.2, -0.15) is 13.2 Å². The zero-order valence-electron chi connectivity index (χ0n) is 17.9. The number of hydrogen-bond acceptors (Lipinski definition) is 5. The fourth-order valence-corrected chi connectivity index (χ4v) is 4.25.